The lowest BCUT2D eigenvalue weighted by Gasteiger charge is -2.34. The fourth-order valence-electron chi connectivity index (χ4n) is 2.81. The Balaban J connectivity index is 2.07. The van der Waals surface area contributed by atoms with Gasteiger partial charge in [0, 0.05) is 29.9 Å². The molecule has 0 saturated heterocycles. The van der Waals surface area contributed by atoms with Crippen LogP contribution in [-0.2, 0) is 11.2 Å². The zero-order valence-corrected chi connectivity index (χ0v) is 12.3. The number of aliphatic hydroxyl groups is 1. The molecule has 4 heteroatoms. The fourth-order valence-corrected chi connectivity index (χ4v) is 3.22. The van der Waals surface area contributed by atoms with Crippen LogP contribution in [0, 0.1) is 0 Å². The van der Waals surface area contributed by atoms with Gasteiger partial charge in [-0.15, -0.1) is 0 Å². The second-order valence-corrected chi connectivity index (χ2v) is 5.85. The Labute approximate surface area is 117 Å². The van der Waals surface area contributed by atoms with Crippen LogP contribution in [0.1, 0.15) is 38.2 Å². The summed E-state index contributed by atoms with van der Waals surface area (Å²) in [6.07, 6.45) is 7.93. The standard InChI is InChI=1S/C14H20BrNO2/c1-2-18-14(5-3-4-6-14)13(17)8-11-7-12(15)10-16-9-11/h7,9-10,13,17H,2-6,8H2,1H3. The number of pyridine rings is 1. The molecule has 1 aliphatic carbocycles. The molecule has 1 saturated carbocycles. The molecule has 1 heterocycles. The van der Waals surface area contributed by atoms with Crippen molar-refractivity contribution in [2.24, 2.45) is 0 Å². The second-order valence-electron chi connectivity index (χ2n) is 4.94. The van der Waals surface area contributed by atoms with Gasteiger partial charge in [-0.2, -0.15) is 0 Å². The van der Waals surface area contributed by atoms with E-state index in [1.54, 1.807) is 6.20 Å². The van der Waals surface area contributed by atoms with Crippen molar-refractivity contribution in [3.8, 4) is 0 Å². The van der Waals surface area contributed by atoms with Gasteiger partial charge in [0.2, 0.25) is 0 Å². The molecule has 0 aliphatic heterocycles. The third-order valence-electron chi connectivity index (χ3n) is 3.68. The molecule has 2 rings (SSSR count). The lowest BCUT2D eigenvalue weighted by molar-refractivity contribution is -0.115. The summed E-state index contributed by atoms with van der Waals surface area (Å²) in [5, 5.41) is 10.5. The van der Waals surface area contributed by atoms with Gasteiger partial charge in [0.25, 0.3) is 0 Å². The first-order chi connectivity index (χ1) is 8.66. The highest BCUT2D eigenvalue weighted by atomic mass is 79.9. The van der Waals surface area contributed by atoms with Crippen molar-refractivity contribution in [3.05, 3.63) is 28.5 Å². The maximum Gasteiger partial charge on any atom is 0.0943 e. The molecule has 0 bridgehead atoms. The van der Waals surface area contributed by atoms with Gasteiger partial charge in [0.1, 0.15) is 0 Å². The number of halogens is 1. The van der Waals surface area contributed by atoms with Crippen molar-refractivity contribution in [1.82, 2.24) is 4.98 Å². The topological polar surface area (TPSA) is 42.4 Å². The molecule has 1 N–H and O–H groups in total. The average Bonchev–Trinajstić information content (AvgIpc) is 2.79. The van der Waals surface area contributed by atoms with Crippen molar-refractivity contribution in [1.29, 1.82) is 0 Å². The molecule has 1 fully saturated rings. The van der Waals surface area contributed by atoms with Crippen LogP contribution in [0.4, 0.5) is 0 Å². The van der Waals surface area contributed by atoms with Gasteiger partial charge < -0.3 is 9.84 Å². The van der Waals surface area contributed by atoms with Crippen LogP contribution in [-0.4, -0.2) is 28.4 Å². The molecule has 3 nitrogen and oxygen atoms in total. The molecule has 1 atom stereocenters. The zero-order chi connectivity index (χ0) is 13.0. The largest absolute Gasteiger partial charge is 0.390 e. The summed E-state index contributed by atoms with van der Waals surface area (Å²) in [5.74, 6) is 0. The van der Waals surface area contributed by atoms with Gasteiger partial charge in [0.05, 0.1) is 11.7 Å². The van der Waals surface area contributed by atoms with Crippen molar-refractivity contribution in [2.75, 3.05) is 6.61 Å². The third kappa shape index (κ3) is 3.11. The first-order valence-corrected chi connectivity index (χ1v) is 7.37. The second kappa shape index (κ2) is 6.13. The molecule has 1 unspecified atom stereocenters. The first kappa shape index (κ1) is 14.0. The van der Waals surface area contributed by atoms with E-state index >= 15 is 0 Å². The SMILES string of the molecule is CCOC1(C(O)Cc2cncc(Br)c2)CCCC1. The number of rotatable bonds is 5. The molecule has 18 heavy (non-hydrogen) atoms. The fraction of sp³-hybridized carbons (Fsp3) is 0.643. The van der Waals surface area contributed by atoms with Gasteiger partial charge in [-0.3, -0.25) is 4.98 Å². The van der Waals surface area contributed by atoms with Crippen LogP contribution in [0.3, 0.4) is 0 Å². The average molecular weight is 314 g/mol. The third-order valence-corrected chi connectivity index (χ3v) is 4.11. The van der Waals surface area contributed by atoms with E-state index < -0.39 is 6.10 Å². The number of hydrogen-bond donors (Lipinski definition) is 1. The maximum atomic E-state index is 10.5. The summed E-state index contributed by atoms with van der Waals surface area (Å²) < 4.78 is 6.82. The van der Waals surface area contributed by atoms with Crippen molar-refractivity contribution < 1.29 is 9.84 Å². The Morgan fingerprint density at radius 3 is 2.78 bits per heavy atom. The highest BCUT2D eigenvalue weighted by molar-refractivity contribution is 9.10. The van der Waals surface area contributed by atoms with Crippen LogP contribution in [0.25, 0.3) is 0 Å². The van der Waals surface area contributed by atoms with Gasteiger partial charge in [-0.25, -0.2) is 0 Å². The summed E-state index contributed by atoms with van der Waals surface area (Å²) in [7, 11) is 0. The van der Waals surface area contributed by atoms with E-state index in [0.717, 1.165) is 35.7 Å². The van der Waals surface area contributed by atoms with E-state index in [4.69, 9.17) is 4.74 Å². The summed E-state index contributed by atoms with van der Waals surface area (Å²) in [4.78, 5) is 4.13. The number of nitrogens with zero attached hydrogens (tertiary/aromatic N) is 1. The quantitative estimate of drug-likeness (QED) is 0.908. The van der Waals surface area contributed by atoms with Crippen LogP contribution >= 0.6 is 15.9 Å². The lowest BCUT2D eigenvalue weighted by Crippen LogP contribution is -2.43. The predicted octanol–water partition coefficient (Wildman–Crippen LogP) is 3.10. The van der Waals surface area contributed by atoms with Crippen LogP contribution < -0.4 is 0 Å². The molecule has 0 spiro atoms. The molecule has 1 aromatic rings. The summed E-state index contributed by atoms with van der Waals surface area (Å²) in [5.41, 5.74) is 0.708. The minimum Gasteiger partial charge on any atom is -0.390 e. The van der Waals surface area contributed by atoms with Crippen molar-refractivity contribution in [2.45, 2.75) is 50.7 Å². The van der Waals surface area contributed by atoms with E-state index in [0.29, 0.717) is 13.0 Å². The molecule has 1 aliphatic rings. The minimum absolute atomic E-state index is 0.336. The molecule has 0 amide bonds. The predicted molar refractivity (Wildman–Crippen MR) is 74.5 cm³/mol. The molecular weight excluding hydrogens is 294 g/mol. The van der Waals surface area contributed by atoms with Gasteiger partial charge in [-0.1, -0.05) is 12.8 Å². The highest BCUT2D eigenvalue weighted by Gasteiger charge is 2.41. The minimum atomic E-state index is -0.448. The molecule has 1 aromatic heterocycles. The number of aliphatic hydroxyl groups excluding tert-OH is 1. The highest BCUT2D eigenvalue weighted by Crippen LogP contribution is 2.37. The van der Waals surface area contributed by atoms with E-state index in [2.05, 4.69) is 20.9 Å². The number of hydrogen-bond acceptors (Lipinski definition) is 3. The Morgan fingerprint density at radius 2 is 2.17 bits per heavy atom. The molecule has 0 radical (unpaired) electrons. The Kier molecular flexibility index (Phi) is 4.76. The Bertz CT molecular complexity index is 391. The van der Waals surface area contributed by atoms with Crippen LogP contribution in [0.5, 0.6) is 0 Å². The summed E-state index contributed by atoms with van der Waals surface area (Å²) in [6, 6.07) is 2.00. The Morgan fingerprint density at radius 1 is 1.44 bits per heavy atom. The Hall–Kier alpha value is -0.450. The maximum absolute atomic E-state index is 10.5. The van der Waals surface area contributed by atoms with E-state index in [1.807, 2.05) is 19.2 Å². The van der Waals surface area contributed by atoms with Gasteiger partial charge in [0.15, 0.2) is 0 Å². The van der Waals surface area contributed by atoms with Crippen molar-refractivity contribution in [3.63, 3.8) is 0 Å². The lowest BCUT2D eigenvalue weighted by atomic mass is 9.90. The van der Waals surface area contributed by atoms with Crippen molar-refractivity contribution >= 4 is 15.9 Å². The van der Waals surface area contributed by atoms with E-state index in [-0.39, 0.29) is 5.60 Å². The van der Waals surface area contributed by atoms with E-state index in [1.165, 1.54) is 0 Å². The van der Waals surface area contributed by atoms with Gasteiger partial charge >= 0.3 is 0 Å². The molecule has 100 valence electrons. The number of ether oxygens (including phenoxy) is 1. The summed E-state index contributed by atoms with van der Waals surface area (Å²) >= 11 is 3.40. The summed E-state index contributed by atoms with van der Waals surface area (Å²) in [6.45, 7) is 2.65. The van der Waals surface area contributed by atoms with Crippen LogP contribution in [0.15, 0.2) is 22.9 Å². The zero-order valence-electron chi connectivity index (χ0n) is 10.7. The first-order valence-electron chi connectivity index (χ1n) is 6.58. The molecule has 0 aromatic carbocycles. The smallest absolute Gasteiger partial charge is 0.0943 e. The monoisotopic (exact) mass is 313 g/mol. The normalized spacial score (nSPS) is 19.9. The number of aromatic nitrogens is 1. The van der Waals surface area contributed by atoms with Crippen LogP contribution in [0.2, 0.25) is 0 Å². The van der Waals surface area contributed by atoms with E-state index in [9.17, 15) is 5.11 Å². The molecular formula is C14H20BrNO2. The van der Waals surface area contributed by atoms with Gasteiger partial charge in [-0.05, 0) is 47.3 Å².